The fourth-order valence-electron chi connectivity index (χ4n) is 3.65. The first-order chi connectivity index (χ1) is 16.9. The van der Waals surface area contributed by atoms with Gasteiger partial charge >= 0.3 is 12.1 Å². The number of aromatic nitrogens is 3. The Kier molecular flexibility index (Phi) is 6.80. The number of halogens is 4. The number of rotatable bonds is 6. The number of allylic oxidation sites excluding steroid dienone is 1. The third-order valence-corrected chi connectivity index (χ3v) is 7.34. The van der Waals surface area contributed by atoms with Crippen molar-refractivity contribution in [1.29, 1.82) is 0 Å². The molecule has 0 aliphatic carbocycles. The number of nitrogens with zero attached hydrogens (tertiary/aromatic N) is 5. The highest BCUT2D eigenvalue weighted by atomic mass is 35.5. The molecule has 0 spiro atoms. The van der Waals surface area contributed by atoms with E-state index in [0.717, 1.165) is 34.1 Å². The summed E-state index contributed by atoms with van der Waals surface area (Å²) in [5.74, 6) is -3.17. The van der Waals surface area contributed by atoms with Crippen molar-refractivity contribution in [2.75, 3.05) is 5.73 Å². The van der Waals surface area contributed by atoms with Crippen molar-refractivity contribution in [3.8, 4) is 0 Å². The average Bonchev–Trinajstić information content (AvgIpc) is 3.14. The molecule has 4 rings (SSSR count). The van der Waals surface area contributed by atoms with E-state index in [1.807, 2.05) is 0 Å². The Morgan fingerprint density at radius 2 is 2.06 bits per heavy atom. The van der Waals surface area contributed by atoms with Crippen LogP contribution in [0.1, 0.15) is 24.2 Å². The van der Waals surface area contributed by atoms with Crippen molar-refractivity contribution in [2.45, 2.75) is 36.1 Å². The SMILES string of the molecule is Nc1nc(/C(=N/O)C(=O)N[C@@H]2C(=O)N3C(C(=O)O)=C(Sc4ccc(C(F)(F)F)nn4)CCC23)c(Cl)s1. The Labute approximate surface area is 212 Å². The van der Waals surface area contributed by atoms with Crippen LogP contribution in [0, 0.1) is 0 Å². The molecule has 2 atom stereocenters. The van der Waals surface area contributed by atoms with Crippen LogP contribution < -0.4 is 11.1 Å². The summed E-state index contributed by atoms with van der Waals surface area (Å²) in [6, 6.07) is -0.0981. The Balaban J connectivity index is 1.52. The smallest absolute Gasteiger partial charge is 0.435 e. The van der Waals surface area contributed by atoms with Gasteiger partial charge < -0.3 is 21.4 Å². The second-order valence-corrected chi connectivity index (χ2v) is 10.1. The molecule has 1 fully saturated rings. The number of carboxylic acid groups (broad SMARTS) is 1. The average molecular weight is 564 g/mol. The second-order valence-electron chi connectivity index (χ2n) is 7.32. The highest BCUT2D eigenvalue weighted by Gasteiger charge is 2.54. The zero-order chi connectivity index (χ0) is 26.4. The Hall–Kier alpha value is -3.44. The molecular weight excluding hydrogens is 551 g/mol. The maximum absolute atomic E-state index is 12.8. The number of amides is 2. The van der Waals surface area contributed by atoms with Gasteiger partial charge in [-0.2, -0.15) is 13.2 Å². The lowest BCUT2D eigenvalue weighted by Crippen LogP contribution is -2.72. The number of thioether (sulfide) groups is 1. The predicted octanol–water partition coefficient (Wildman–Crippen LogP) is 1.94. The van der Waals surface area contributed by atoms with Gasteiger partial charge in [0.1, 0.15) is 26.8 Å². The lowest BCUT2D eigenvalue weighted by atomic mass is 9.86. The van der Waals surface area contributed by atoms with Crippen molar-refractivity contribution >= 4 is 63.3 Å². The van der Waals surface area contributed by atoms with Crippen LogP contribution in [-0.2, 0) is 20.6 Å². The van der Waals surface area contributed by atoms with Crippen LogP contribution in [0.2, 0.25) is 4.34 Å². The van der Waals surface area contributed by atoms with Gasteiger partial charge in [0.2, 0.25) is 0 Å². The first kappa shape index (κ1) is 25.6. The maximum atomic E-state index is 12.8. The van der Waals surface area contributed by atoms with E-state index in [1.54, 1.807) is 0 Å². The van der Waals surface area contributed by atoms with Crippen LogP contribution in [0.5, 0.6) is 0 Å². The molecule has 4 heterocycles. The Bertz CT molecular complexity index is 1320. The molecule has 0 radical (unpaired) electrons. The summed E-state index contributed by atoms with van der Waals surface area (Å²) < 4.78 is 38.1. The van der Waals surface area contributed by atoms with Crippen LogP contribution in [0.4, 0.5) is 18.3 Å². The molecular formula is C18H13ClF3N7O5S2. The fraction of sp³-hybridized carbons (Fsp3) is 0.278. The van der Waals surface area contributed by atoms with Gasteiger partial charge in [0.25, 0.3) is 11.8 Å². The van der Waals surface area contributed by atoms with E-state index in [9.17, 15) is 37.9 Å². The largest absolute Gasteiger partial charge is 0.477 e. The van der Waals surface area contributed by atoms with Gasteiger partial charge in [-0.15, -0.1) is 10.2 Å². The summed E-state index contributed by atoms with van der Waals surface area (Å²) in [5.41, 5.74) is 3.19. The number of aliphatic carboxylic acids is 1. The van der Waals surface area contributed by atoms with Crippen LogP contribution in [0.3, 0.4) is 0 Å². The van der Waals surface area contributed by atoms with E-state index >= 15 is 0 Å². The number of carbonyl (C=O) groups excluding carboxylic acids is 2. The van der Waals surface area contributed by atoms with E-state index < -0.39 is 47.4 Å². The predicted molar refractivity (Wildman–Crippen MR) is 119 cm³/mol. The molecule has 2 amide bonds. The summed E-state index contributed by atoms with van der Waals surface area (Å²) in [5, 5.41) is 30.9. The lowest BCUT2D eigenvalue weighted by Gasteiger charge is -2.50. The standard InChI is InChI=1S/C18H13ClF3N7O5S2/c19-13-10(25-17(23)36-13)11(28-34)14(30)24-9-5-1-2-6(12(16(32)33)29(5)15(9)31)35-8-4-3-7(26-27-8)18(20,21)22/h3-5,9,34H,1-2H2,(H2,23,25)(H,24,30)(H,32,33)/b28-11-/t5?,9-/m0/s1. The fourth-order valence-corrected chi connectivity index (χ4v) is 5.55. The molecule has 2 aromatic rings. The zero-order valence-corrected chi connectivity index (χ0v) is 19.9. The number of carboxylic acids is 1. The van der Waals surface area contributed by atoms with Crippen LogP contribution in [0.15, 0.2) is 32.9 Å². The molecule has 36 heavy (non-hydrogen) atoms. The van der Waals surface area contributed by atoms with Crippen LogP contribution >= 0.6 is 34.7 Å². The van der Waals surface area contributed by atoms with Crippen molar-refractivity contribution in [3.63, 3.8) is 0 Å². The molecule has 2 aliphatic rings. The van der Waals surface area contributed by atoms with Gasteiger partial charge in [-0.25, -0.2) is 9.78 Å². The number of thiazole rings is 1. The van der Waals surface area contributed by atoms with Gasteiger partial charge in [-0.3, -0.25) is 14.5 Å². The van der Waals surface area contributed by atoms with Gasteiger partial charge in [0.15, 0.2) is 16.5 Å². The van der Waals surface area contributed by atoms with Gasteiger partial charge in [-0.1, -0.05) is 39.9 Å². The minimum Gasteiger partial charge on any atom is -0.477 e. The molecule has 190 valence electrons. The minimum atomic E-state index is -4.68. The number of nitrogen functional groups attached to an aromatic ring is 1. The number of carbonyl (C=O) groups is 3. The number of hydrogen-bond acceptors (Lipinski definition) is 11. The molecule has 12 nitrogen and oxygen atoms in total. The number of anilines is 1. The molecule has 18 heteroatoms. The summed E-state index contributed by atoms with van der Waals surface area (Å²) in [4.78, 5) is 42.4. The lowest BCUT2D eigenvalue weighted by molar-refractivity contribution is -0.155. The topological polar surface area (TPSA) is 184 Å². The van der Waals surface area contributed by atoms with Crippen molar-refractivity contribution in [1.82, 2.24) is 25.4 Å². The normalized spacial score (nSPS) is 20.2. The maximum Gasteiger partial charge on any atom is 0.435 e. The number of oxime groups is 1. The third kappa shape index (κ3) is 4.68. The van der Waals surface area contributed by atoms with Crippen LogP contribution in [-0.4, -0.2) is 66.0 Å². The molecule has 1 saturated heterocycles. The number of alkyl halides is 3. The van der Waals surface area contributed by atoms with E-state index in [0.29, 0.717) is 6.07 Å². The number of hydrogen-bond donors (Lipinski definition) is 4. The number of fused-ring (bicyclic) bond motifs is 1. The van der Waals surface area contributed by atoms with Crippen molar-refractivity contribution in [2.24, 2.45) is 5.16 Å². The highest BCUT2D eigenvalue weighted by molar-refractivity contribution is 8.03. The molecule has 2 aromatic heterocycles. The zero-order valence-electron chi connectivity index (χ0n) is 17.5. The summed E-state index contributed by atoms with van der Waals surface area (Å²) in [6.07, 6.45) is -4.33. The first-order valence-electron chi connectivity index (χ1n) is 9.75. The van der Waals surface area contributed by atoms with Crippen molar-refractivity contribution < 1.29 is 37.9 Å². The van der Waals surface area contributed by atoms with E-state index in [-0.39, 0.29) is 43.6 Å². The molecule has 5 N–H and O–H groups in total. The number of β-lactam (4-membered cyclic amide) rings is 1. The molecule has 0 bridgehead atoms. The van der Waals surface area contributed by atoms with Crippen LogP contribution in [0.25, 0.3) is 0 Å². The molecule has 2 aliphatic heterocycles. The van der Waals surface area contributed by atoms with Gasteiger partial charge in [-0.05, 0) is 25.0 Å². The molecule has 0 aromatic carbocycles. The first-order valence-corrected chi connectivity index (χ1v) is 11.8. The number of nitrogens with one attached hydrogen (secondary N) is 1. The summed E-state index contributed by atoms with van der Waals surface area (Å²) >= 11 is 7.56. The summed E-state index contributed by atoms with van der Waals surface area (Å²) in [7, 11) is 0. The molecule has 1 unspecified atom stereocenters. The van der Waals surface area contributed by atoms with Gasteiger partial charge in [0, 0.05) is 4.91 Å². The van der Waals surface area contributed by atoms with Gasteiger partial charge in [0.05, 0.1) is 6.04 Å². The monoisotopic (exact) mass is 563 g/mol. The second kappa shape index (κ2) is 9.55. The Morgan fingerprint density at radius 1 is 1.33 bits per heavy atom. The van der Waals surface area contributed by atoms with E-state index in [1.165, 1.54) is 0 Å². The Morgan fingerprint density at radius 3 is 2.58 bits per heavy atom. The molecule has 0 saturated carbocycles. The van der Waals surface area contributed by atoms with Crippen molar-refractivity contribution in [3.05, 3.63) is 38.5 Å². The van der Waals surface area contributed by atoms with E-state index in [4.69, 9.17) is 17.3 Å². The quantitative estimate of drug-likeness (QED) is 0.175. The highest BCUT2D eigenvalue weighted by Crippen LogP contribution is 2.43. The number of nitrogens with two attached hydrogens (primary N) is 1. The summed E-state index contributed by atoms with van der Waals surface area (Å²) in [6.45, 7) is 0. The third-order valence-electron chi connectivity index (χ3n) is 5.18. The van der Waals surface area contributed by atoms with E-state index in [2.05, 4.69) is 25.7 Å². The minimum absolute atomic E-state index is 0.0104.